The standard InChI is InChI=1S/C15H18N2O3/c1-16-9-11-4-6-12(17-15(11)18)10-5-7-13(19-2)14(8-10)20-3/h4-8,16H,9H2,1-3H3,(H,17,18). The molecule has 0 radical (unpaired) electrons. The number of methoxy groups -OCH3 is 2. The number of benzene rings is 1. The summed E-state index contributed by atoms with van der Waals surface area (Å²) in [6.45, 7) is 0.543. The molecule has 0 bridgehead atoms. The van der Waals surface area contributed by atoms with Gasteiger partial charge in [-0.1, -0.05) is 6.07 Å². The predicted octanol–water partition coefficient (Wildman–Crippen LogP) is 1.78. The maximum Gasteiger partial charge on any atom is 0.252 e. The molecule has 0 atom stereocenters. The van der Waals surface area contributed by atoms with Gasteiger partial charge >= 0.3 is 0 Å². The molecule has 20 heavy (non-hydrogen) atoms. The van der Waals surface area contributed by atoms with E-state index >= 15 is 0 Å². The van der Waals surface area contributed by atoms with Crippen LogP contribution in [0.1, 0.15) is 5.56 Å². The van der Waals surface area contributed by atoms with Crippen molar-refractivity contribution < 1.29 is 9.47 Å². The number of aromatic nitrogens is 1. The molecule has 2 aromatic rings. The van der Waals surface area contributed by atoms with Crippen molar-refractivity contribution in [2.24, 2.45) is 0 Å². The Morgan fingerprint density at radius 2 is 1.85 bits per heavy atom. The molecule has 0 saturated heterocycles. The Hall–Kier alpha value is -2.27. The lowest BCUT2D eigenvalue weighted by Gasteiger charge is -2.10. The SMILES string of the molecule is CNCc1ccc(-c2ccc(OC)c(OC)c2)[nH]c1=O. The number of rotatable bonds is 5. The molecule has 0 fully saturated rings. The number of hydrogen-bond donors (Lipinski definition) is 2. The van der Waals surface area contributed by atoms with Crippen molar-refractivity contribution in [1.29, 1.82) is 0 Å². The van der Waals surface area contributed by atoms with Crippen LogP contribution in [0.5, 0.6) is 11.5 Å². The summed E-state index contributed by atoms with van der Waals surface area (Å²) in [5.41, 5.74) is 2.23. The highest BCUT2D eigenvalue weighted by molar-refractivity contribution is 5.64. The third-order valence-corrected chi connectivity index (χ3v) is 3.05. The van der Waals surface area contributed by atoms with Crippen molar-refractivity contribution in [1.82, 2.24) is 10.3 Å². The van der Waals surface area contributed by atoms with E-state index < -0.39 is 0 Å². The molecule has 0 aliphatic carbocycles. The van der Waals surface area contributed by atoms with Gasteiger partial charge in [0.1, 0.15) is 0 Å². The average Bonchev–Trinajstić information content (AvgIpc) is 2.48. The fourth-order valence-electron chi connectivity index (χ4n) is 2.01. The summed E-state index contributed by atoms with van der Waals surface area (Å²) < 4.78 is 10.5. The van der Waals surface area contributed by atoms with Gasteiger partial charge in [0.15, 0.2) is 11.5 Å². The topological polar surface area (TPSA) is 63.4 Å². The summed E-state index contributed by atoms with van der Waals surface area (Å²) in [6, 6.07) is 9.23. The van der Waals surface area contributed by atoms with Crippen molar-refractivity contribution >= 4 is 0 Å². The first-order valence-corrected chi connectivity index (χ1v) is 6.28. The van der Waals surface area contributed by atoms with E-state index in [4.69, 9.17) is 9.47 Å². The highest BCUT2D eigenvalue weighted by Gasteiger charge is 2.07. The molecule has 1 aromatic carbocycles. The lowest BCUT2D eigenvalue weighted by Crippen LogP contribution is -2.18. The third kappa shape index (κ3) is 2.83. The molecule has 0 aliphatic heterocycles. The predicted molar refractivity (Wildman–Crippen MR) is 78.4 cm³/mol. The number of H-pyrrole nitrogens is 1. The molecule has 0 saturated carbocycles. The molecule has 0 unspecified atom stereocenters. The molecule has 5 heteroatoms. The summed E-state index contributed by atoms with van der Waals surface area (Å²) in [4.78, 5) is 14.8. The second-order valence-electron chi connectivity index (χ2n) is 4.33. The first kappa shape index (κ1) is 14.1. The molecular formula is C15H18N2O3. The van der Waals surface area contributed by atoms with Gasteiger partial charge in [0.25, 0.3) is 5.56 Å². The fourth-order valence-corrected chi connectivity index (χ4v) is 2.01. The summed E-state index contributed by atoms with van der Waals surface area (Å²) in [7, 11) is 4.98. The van der Waals surface area contributed by atoms with E-state index in [1.54, 1.807) is 14.2 Å². The lowest BCUT2D eigenvalue weighted by molar-refractivity contribution is 0.355. The minimum Gasteiger partial charge on any atom is -0.493 e. The first-order chi connectivity index (χ1) is 9.69. The maximum atomic E-state index is 11.9. The Kier molecular flexibility index (Phi) is 4.42. The second-order valence-corrected chi connectivity index (χ2v) is 4.33. The molecule has 5 nitrogen and oxygen atoms in total. The molecule has 0 spiro atoms. The Morgan fingerprint density at radius 3 is 2.45 bits per heavy atom. The minimum atomic E-state index is -0.0911. The Bertz CT molecular complexity index is 650. The molecule has 106 valence electrons. The molecule has 2 rings (SSSR count). The number of hydrogen-bond acceptors (Lipinski definition) is 4. The largest absolute Gasteiger partial charge is 0.493 e. The first-order valence-electron chi connectivity index (χ1n) is 6.28. The molecule has 0 aliphatic rings. The van der Waals surface area contributed by atoms with Crippen LogP contribution in [-0.2, 0) is 6.54 Å². The van der Waals surface area contributed by atoms with Crippen molar-refractivity contribution in [2.75, 3.05) is 21.3 Å². The van der Waals surface area contributed by atoms with Crippen LogP contribution in [0.2, 0.25) is 0 Å². The lowest BCUT2D eigenvalue weighted by atomic mass is 10.1. The van der Waals surface area contributed by atoms with E-state index in [2.05, 4.69) is 10.3 Å². The van der Waals surface area contributed by atoms with Gasteiger partial charge in [-0.3, -0.25) is 4.79 Å². The van der Waals surface area contributed by atoms with E-state index in [-0.39, 0.29) is 5.56 Å². The summed E-state index contributed by atoms with van der Waals surface area (Å²) in [6.07, 6.45) is 0. The van der Waals surface area contributed by atoms with Gasteiger partial charge in [0, 0.05) is 23.4 Å². The Morgan fingerprint density at radius 1 is 1.10 bits per heavy atom. The van der Waals surface area contributed by atoms with Crippen LogP contribution in [0.3, 0.4) is 0 Å². The number of ether oxygens (including phenoxy) is 2. The Balaban J connectivity index is 2.41. The summed E-state index contributed by atoms with van der Waals surface area (Å²) in [5, 5.41) is 2.96. The van der Waals surface area contributed by atoms with Crippen LogP contribution < -0.4 is 20.3 Å². The Labute approximate surface area is 117 Å². The monoisotopic (exact) mass is 274 g/mol. The second kappa shape index (κ2) is 6.25. The molecule has 1 aromatic heterocycles. The van der Waals surface area contributed by atoms with Gasteiger partial charge in [0.05, 0.1) is 14.2 Å². The summed E-state index contributed by atoms with van der Waals surface area (Å²) >= 11 is 0. The van der Waals surface area contributed by atoms with Gasteiger partial charge in [0.2, 0.25) is 0 Å². The smallest absolute Gasteiger partial charge is 0.252 e. The van der Waals surface area contributed by atoms with Crippen LogP contribution in [-0.4, -0.2) is 26.3 Å². The van der Waals surface area contributed by atoms with Gasteiger partial charge in [-0.15, -0.1) is 0 Å². The summed E-state index contributed by atoms with van der Waals surface area (Å²) in [5.74, 6) is 1.29. The zero-order valence-corrected chi connectivity index (χ0v) is 11.8. The normalized spacial score (nSPS) is 10.3. The highest BCUT2D eigenvalue weighted by Crippen LogP contribution is 2.31. The molecule has 0 amide bonds. The quantitative estimate of drug-likeness (QED) is 0.872. The van der Waals surface area contributed by atoms with Crippen LogP contribution >= 0.6 is 0 Å². The van der Waals surface area contributed by atoms with Crippen molar-refractivity contribution in [2.45, 2.75) is 6.54 Å². The van der Waals surface area contributed by atoms with E-state index in [1.807, 2.05) is 37.4 Å². The maximum absolute atomic E-state index is 11.9. The zero-order valence-electron chi connectivity index (χ0n) is 11.8. The van der Waals surface area contributed by atoms with E-state index in [0.29, 0.717) is 23.6 Å². The van der Waals surface area contributed by atoms with Crippen molar-refractivity contribution in [3.05, 3.63) is 46.2 Å². The molecular weight excluding hydrogens is 256 g/mol. The van der Waals surface area contributed by atoms with E-state index in [1.165, 1.54) is 0 Å². The van der Waals surface area contributed by atoms with Crippen LogP contribution in [0.15, 0.2) is 35.1 Å². The fraction of sp³-hybridized carbons (Fsp3) is 0.267. The van der Waals surface area contributed by atoms with Crippen molar-refractivity contribution in [3.63, 3.8) is 0 Å². The van der Waals surface area contributed by atoms with Crippen LogP contribution in [0, 0.1) is 0 Å². The third-order valence-electron chi connectivity index (χ3n) is 3.05. The van der Waals surface area contributed by atoms with E-state index in [0.717, 1.165) is 11.3 Å². The van der Waals surface area contributed by atoms with Crippen LogP contribution in [0.25, 0.3) is 11.3 Å². The number of aromatic amines is 1. The van der Waals surface area contributed by atoms with Gasteiger partial charge in [-0.25, -0.2) is 0 Å². The van der Waals surface area contributed by atoms with E-state index in [9.17, 15) is 4.79 Å². The highest BCUT2D eigenvalue weighted by atomic mass is 16.5. The van der Waals surface area contributed by atoms with Gasteiger partial charge < -0.3 is 19.8 Å². The van der Waals surface area contributed by atoms with Gasteiger partial charge in [-0.2, -0.15) is 0 Å². The van der Waals surface area contributed by atoms with Gasteiger partial charge in [-0.05, 0) is 31.3 Å². The average molecular weight is 274 g/mol. The number of nitrogens with one attached hydrogen (secondary N) is 2. The molecule has 2 N–H and O–H groups in total. The zero-order chi connectivity index (χ0) is 14.5. The van der Waals surface area contributed by atoms with Crippen LogP contribution in [0.4, 0.5) is 0 Å². The molecule has 1 heterocycles. The number of pyridine rings is 1. The van der Waals surface area contributed by atoms with Crippen molar-refractivity contribution in [3.8, 4) is 22.8 Å². The minimum absolute atomic E-state index is 0.0911.